The summed E-state index contributed by atoms with van der Waals surface area (Å²) in [6, 6.07) is 7.97. The lowest BCUT2D eigenvalue weighted by molar-refractivity contribution is -0.384. The molecule has 0 unspecified atom stereocenters. The molecule has 2 heterocycles. The van der Waals surface area contributed by atoms with Crippen LogP contribution in [0.15, 0.2) is 24.3 Å². The third kappa shape index (κ3) is 4.20. The van der Waals surface area contributed by atoms with Crippen molar-refractivity contribution in [2.45, 2.75) is 37.8 Å². The quantitative estimate of drug-likeness (QED) is 0.683. The van der Waals surface area contributed by atoms with Crippen molar-refractivity contribution in [3.8, 4) is 0 Å². The van der Waals surface area contributed by atoms with Gasteiger partial charge in [-0.15, -0.1) is 0 Å². The molecule has 6 nitrogen and oxygen atoms in total. The van der Waals surface area contributed by atoms with E-state index in [0.29, 0.717) is 6.04 Å². The fourth-order valence-corrected chi connectivity index (χ4v) is 3.68. The lowest BCUT2D eigenvalue weighted by Gasteiger charge is -2.41. The second kappa shape index (κ2) is 7.27. The summed E-state index contributed by atoms with van der Waals surface area (Å²) in [5, 5.41) is 14.2. The summed E-state index contributed by atoms with van der Waals surface area (Å²) in [5.74, 6) is 0. The topological polar surface area (TPSA) is 61.6 Å². The van der Waals surface area contributed by atoms with Crippen molar-refractivity contribution in [3.05, 3.63) is 34.4 Å². The molecule has 6 heteroatoms. The summed E-state index contributed by atoms with van der Waals surface area (Å²) < 4.78 is 0. The second-order valence-corrected chi connectivity index (χ2v) is 6.79. The van der Waals surface area contributed by atoms with Gasteiger partial charge < -0.3 is 15.1 Å². The molecule has 0 atom stereocenters. The molecule has 23 heavy (non-hydrogen) atoms. The average Bonchev–Trinajstić information content (AvgIpc) is 2.57. The standard InChI is InChI=1S/C17H26N4O2/c1-19-10-8-16(9-11-19)20-12-6-15(7-13-20)18-14-2-4-17(5-3-14)21(22)23/h2-5,15-16,18H,6-13H2,1H3. The predicted octanol–water partition coefficient (Wildman–Crippen LogP) is 2.57. The molecular weight excluding hydrogens is 292 g/mol. The molecule has 2 fully saturated rings. The number of nitrogens with one attached hydrogen (secondary N) is 1. The molecule has 0 bridgehead atoms. The minimum absolute atomic E-state index is 0.146. The molecule has 0 aliphatic carbocycles. The van der Waals surface area contributed by atoms with Crippen molar-refractivity contribution in [3.63, 3.8) is 0 Å². The Morgan fingerprint density at radius 2 is 1.65 bits per heavy atom. The Bertz CT molecular complexity index is 518. The monoisotopic (exact) mass is 318 g/mol. The maximum absolute atomic E-state index is 10.7. The first-order valence-electron chi connectivity index (χ1n) is 8.55. The van der Waals surface area contributed by atoms with E-state index < -0.39 is 0 Å². The van der Waals surface area contributed by atoms with Gasteiger partial charge in [-0.3, -0.25) is 10.1 Å². The maximum Gasteiger partial charge on any atom is 0.269 e. The van der Waals surface area contributed by atoms with E-state index in [1.165, 1.54) is 25.9 Å². The number of piperidine rings is 2. The fraction of sp³-hybridized carbons (Fsp3) is 0.647. The van der Waals surface area contributed by atoms with Gasteiger partial charge in [-0.2, -0.15) is 0 Å². The van der Waals surface area contributed by atoms with Gasteiger partial charge in [-0.25, -0.2) is 0 Å². The molecule has 0 saturated carbocycles. The highest BCUT2D eigenvalue weighted by molar-refractivity contribution is 5.49. The van der Waals surface area contributed by atoms with Gasteiger partial charge in [0.25, 0.3) is 5.69 Å². The lowest BCUT2D eigenvalue weighted by Crippen LogP contribution is -2.48. The number of non-ortho nitro benzene ring substituents is 1. The van der Waals surface area contributed by atoms with E-state index in [4.69, 9.17) is 0 Å². The van der Waals surface area contributed by atoms with Gasteiger partial charge in [-0.1, -0.05) is 0 Å². The molecule has 0 spiro atoms. The van der Waals surface area contributed by atoms with Gasteiger partial charge in [0.1, 0.15) is 0 Å². The number of nitro groups is 1. The summed E-state index contributed by atoms with van der Waals surface area (Å²) in [4.78, 5) is 15.4. The number of hydrogen-bond donors (Lipinski definition) is 1. The number of nitrogens with zero attached hydrogens (tertiary/aromatic N) is 3. The number of nitro benzene ring substituents is 1. The van der Waals surface area contributed by atoms with Crippen LogP contribution >= 0.6 is 0 Å². The summed E-state index contributed by atoms with van der Waals surface area (Å²) in [5.41, 5.74) is 1.13. The van der Waals surface area contributed by atoms with Crippen LogP contribution in [0.1, 0.15) is 25.7 Å². The smallest absolute Gasteiger partial charge is 0.269 e. The van der Waals surface area contributed by atoms with Gasteiger partial charge in [0.15, 0.2) is 0 Å². The van der Waals surface area contributed by atoms with Crippen LogP contribution in [-0.4, -0.2) is 60.0 Å². The van der Waals surface area contributed by atoms with Crippen LogP contribution in [-0.2, 0) is 0 Å². The van der Waals surface area contributed by atoms with E-state index in [9.17, 15) is 10.1 Å². The molecule has 2 aliphatic rings. The van der Waals surface area contributed by atoms with Crippen molar-refractivity contribution in [2.24, 2.45) is 0 Å². The third-order valence-corrected chi connectivity index (χ3v) is 5.18. The Balaban J connectivity index is 1.46. The zero-order valence-corrected chi connectivity index (χ0v) is 13.8. The summed E-state index contributed by atoms with van der Waals surface area (Å²) >= 11 is 0. The Labute approximate surface area is 137 Å². The summed E-state index contributed by atoms with van der Waals surface area (Å²) in [7, 11) is 2.20. The van der Waals surface area contributed by atoms with E-state index in [1.54, 1.807) is 12.1 Å². The Morgan fingerprint density at radius 3 is 2.22 bits per heavy atom. The average molecular weight is 318 g/mol. The molecule has 126 valence electrons. The molecule has 1 N–H and O–H groups in total. The van der Waals surface area contributed by atoms with Crippen molar-refractivity contribution in [1.29, 1.82) is 0 Å². The number of hydrogen-bond acceptors (Lipinski definition) is 5. The fourth-order valence-electron chi connectivity index (χ4n) is 3.68. The molecule has 0 aromatic heterocycles. The van der Waals surface area contributed by atoms with Gasteiger partial charge in [0.05, 0.1) is 4.92 Å². The summed E-state index contributed by atoms with van der Waals surface area (Å²) in [6.07, 6.45) is 4.86. The van der Waals surface area contributed by atoms with Crippen LogP contribution in [0.3, 0.4) is 0 Å². The minimum atomic E-state index is -0.357. The first-order valence-corrected chi connectivity index (χ1v) is 8.55. The van der Waals surface area contributed by atoms with Crippen molar-refractivity contribution in [2.75, 3.05) is 38.5 Å². The van der Waals surface area contributed by atoms with E-state index in [2.05, 4.69) is 22.2 Å². The largest absolute Gasteiger partial charge is 0.382 e. The Morgan fingerprint density at radius 1 is 1.04 bits per heavy atom. The van der Waals surface area contributed by atoms with Crippen molar-refractivity contribution in [1.82, 2.24) is 9.80 Å². The van der Waals surface area contributed by atoms with E-state index in [0.717, 1.165) is 37.7 Å². The maximum atomic E-state index is 10.7. The molecule has 1 aromatic rings. The molecule has 0 radical (unpaired) electrons. The Kier molecular flexibility index (Phi) is 5.13. The first kappa shape index (κ1) is 16.2. The zero-order valence-electron chi connectivity index (χ0n) is 13.8. The third-order valence-electron chi connectivity index (χ3n) is 5.18. The van der Waals surface area contributed by atoms with Crippen LogP contribution in [0.25, 0.3) is 0 Å². The minimum Gasteiger partial charge on any atom is -0.382 e. The second-order valence-electron chi connectivity index (χ2n) is 6.79. The van der Waals surface area contributed by atoms with E-state index in [-0.39, 0.29) is 10.6 Å². The molecular formula is C17H26N4O2. The molecule has 0 amide bonds. The predicted molar refractivity (Wildman–Crippen MR) is 91.8 cm³/mol. The van der Waals surface area contributed by atoms with Gasteiger partial charge in [-0.05, 0) is 58.0 Å². The highest BCUT2D eigenvalue weighted by Crippen LogP contribution is 2.23. The van der Waals surface area contributed by atoms with Crippen LogP contribution in [0, 0.1) is 10.1 Å². The summed E-state index contributed by atoms with van der Waals surface area (Å²) in [6.45, 7) is 4.73. The number of likely N-dealkylation sites (tertiary alicyclic amines) is 2. The van der Waals surface area contributed by atoms with Gasteiger partial charge in [0.2, 0.25) is 0 Å². The molecule has 3 rings (SSSR count). The SMILES string of the molecule is CN1CCC(N2CCC(Nc3ccc([N+](=O)[O-])cc3)CC2)CC1. The Hall–Kier alpha value is -1.66. The first-order chi connectivity index (χ1) is 11.1. The van der Waals surface area contributed by atoms with E-state index in [1.807, 2.05) is 12.1 Å². The molecule has 2 saturated heterocycles. The van der Waals surface area contributed by atoms with Crippen LogP contribution in [0.2, 0.25) is 0 Å². The normalized spacial score (nSPS) is 22.1. The van der Waals surface area contributed by atoms with Gasteiger partial charge in [0, 0.05) is 43.0 Å². The number of anilines is 1. The van der Waals surface area contributed by atoms with Crippen LogP contribution in [0.5, 0.6) is 0 Å². The lowest BCUT2D eigenvalue weighted by atomic mass is 9.98. The van der Waals surface area contributed by atoms with Crippen molar-refractivity contribution >= 4 is 11.4 Å². The zero-order chi connectivity index (χ0) is 16.2. The number of benzene rings is 1. The molecule has 2 aliphatic heterocycles. The molecule has 1 aromatic carbocycles. The number of rotatable bonds is 4. The van der Waals surface area contributed by atoms with Crippen LogP contribution in [0.4, 0.5) is 11.4 Å². The van der Waals surface area contributed by atoms with Gasteiger partial charge >= 0.3 is 0 Å². The highest BCUT2D eigenvalue weighted by Gasteiger charge is 2.27. The van der Waals surface area contributed by atoms with E-state index >= 15 is 0 Å². The van der Waals surface area contributed by atoms with Crippen molar-refractivity contribution < 1.29 is 4.92 Å². The van der Waals surface area contributed by atoms with Crippen LogP contribution < -0.4 is 5.32 Å². The highest BCUT2D eigenvalue weighted by atomic mass is 16.6.